The minimum Gasteiger partial charge on any atom is -0.463 e. The second-order valence-electron chi connectivity index (χ2n) is 4.15. The van der Waals surface area contributed by atoms with Crippen molar-refractivity contribution < 1.29 is 33.3 Å². The first-order chi connectivity index (χ1) is 13.9. The molecule has 0 unspecified atom stereocenters. The molecule has 2 rings (SSSR count). The SMILES string of the molecule is [2H]C1=C(C(=O)OCC)[C@]([2H])(S(=O)(=O)Nc2ccc(F)cc2Cl)C([2H])([2H])C([2H])([2H])C1([2H])[2H]. The molecule has 126 valence electrons. The molecule has 1 aromatic rings. The number of allylic oxidation sites excluding steroid dienone is 1. The number of esters is 1. The Morgan fingerprint density at radius 3 is 3.04 bits per heavy atom. The Labute approximate surface area is 150 Å². The highest BCUT2D eigenvalue weighted by atomic mass is 35.5. The highest BCUT2D eigenvalue weighted by Crippen LogP contribution is 2.30. The Morgan fingerprint density at radius 2 is 2.39 bits per heavy atom. The van der Waals surface area contributed by atoms with Crippen LogP contribution in [0.25, 0.3) is 0 Å². The summed E-state index contributed by atoms with van der Waals surface area (Å²) < 4.78 is 110. The maximum Gasteiger partial charge on any atom is 0.335 e. The summed E-state index contributed by atoms with van der Waals surface area (Å²) in [6.07, 6.45) is -11.2. The van der Waals surface area contributed by atoms with Crippen LogP contribution >= 0.6 is 11.6 Å². The van der Waals surface area contributed by atoms with Gasteiger partial charge in [0, 0.05) is 8.22 Å². The molecule has 0 radical (unpaired) electrons. The minimum absolute atomic E-state index is 0.387. The first-order valence-corrected chi connectivity index (χ1v) is 8.12. The first kappa shape index (κ1) is 9.64. The number of anilines is 1. The molecule has 0 fully saturated rings. The fraction of sp³-hybridized carbons (Fsp3) is 0.400. The molecular weight excluding hydrogens is 345 g/mol. The van der Waals surface area contributed by atoms with E-state index >= 15 is 0 Å². The molecule has 0 saturated carbocycles. The van der Waals surface area contributed by atoms with Gasteiger partial charge < -0.3 is 4.74 Å². The average molecular weight is 370 g/mol. The maximum absolute atomic E-state index is 13.3. The number of ether oxygens (including phenoxy) is 1. The molecule has 0 aliphatic heterocycles. The van der Waals surface area contributed by atoms with E-state index in [1.165, 1.54) is 6.92 Å². The lowest BCUT2D eigenvalue weighted by atomic mass is 9.99. The molecule has 0 bridgehead atoms. The van der Waals surface area contributed by atoms with Crippen molar-refractivity contribution in [1.29, 1.82) is 0 Å². The third kappa shape index (κ3) is 4.23. The summed E-state index contributed by atoms with van der Waals surface area (Å²) in [5, 5.41) is -4.38. The van der Waals surface area contributed by atoms with Crippen molar-refractivity contribution in [3.8, 4) is 0 Å². The van der Waals surface area contributed by atoms with Crippen molar-refractivity contribution in [2.75, 3.05) is 11.3 Å². The van der Waals surface area contributed by atoms with Gasteiger partial charge in [-0.1, -0.05) is 17.7 Å². The lowest BCUT2D eigenvalue weighted by molar-refractivity contribution is -0.138. The molecule has 0 aromatic heterocycles. The summed E-state index contributed by atoms with van der Waals surface area (Å²) in [6, 6.07) is 0.796. The third-order valence-electron chi connectivity index (χ3n) is 2.58. The molecule has 1 atom stereocenters. The Bertz CT molecular complexity index is 1070. The standard InChI is InChI=1S/C15H17ClFNO4S/c1-2-22-15(19)11-5-3-4-6-14(11)23(20,21)18-13-8-7-10(17)9-12(13)16/h5,7-9,14,18H,2-4,6H2,1H3/t14-/m1/s1/i3D2,4D2,5D,6D2,14D. The molecule has 5 nitrogen and oxygen atoms in total. The van der Waals surface area contributed by atoms with Crippen molar-refractivity contribution in [3.63, 3.8) is 0 Å². The van der Waals surface area contributed by atoms with Gasteiger partial charge in [-0.25, -0.2) is 17.6 Å². The average Bonchev–Trinajstić information content (AvgIpc) is 2.62. The number of halogens is 2. The summed E-state index contributed by atoms with van der Waals surface area (Å²) >= 11 is 5.77. The van der Waals surface area contributed by atoms with Crippen molar-refractivity contribution in [2.24, 2.45) is 0 Å². The van der Waals surface area contributed by atoms with E-state index in [1.807, 2.05) is 0 Å². The molecule has 0 amide bonds. The zero-order valence-corrected chi connectivity index (χ0v) is 13.3. The second-order valence-corrected chi connectivity index (χ2v) is 6.18. The van der Waals surface area contributed by atoms with E-state index in [0.29, 0.717) is 6.07 Å². The number of hydrogen-bond donors (Lipinski definition) is 1. The summed E-state index contributed by atoms with van der Waals surface area (Å²) in [5.41, 5.74) is -2.06. The fourth-order valence-corrected chi connectivity index (χ4v) is 3.05. The summed E-state index contributed by atoms with van der Waals surface area (Å²) in [4.78, 5) is 12.5. The Balaban J connectivity index is 2.88. The van der Waals surface area contributed by atoms with Crippen LogP contribution in [0.3, 0.4) is 0 Å². The summed E-state index contributed by atoms with van der Waals surface area (Å²) in [7, 11) is -5.50. The van der Waals surface area contributed by atoms with Crippen LogP contribution in [0.15, 0.2) is 29.8 Å². The summed E-state index contributed by atoms with van der Waals surface area (Å²) in [5.74, 6) is -2.52. The molecular formula is C15H17ClFNO4S. The van der Waals surface area contributed by atoms with Crippen LogP contribution in [-0.4, -0.2) is 26.2 Å². The number of carbonyl (C=O) groups is 1. The van der Waals surface area contributed by atoms with E-state index in [-0.39, 0.29) is 6.61 Å². The number of hydrogen-bond acceptors (Lipinski definition) is 4. The van der Waals surface area contributed by atoms with E-state index in [0.717, 1.165) is 12.1 Å². The van der Waals surface area contributed by atoms with Gasteiger partial charge in [-0.15, -0.1) is 0 Å². The topological polar surface area (TPSA) is 72.5 Å². The number of sulfonamides is 1. The normalized spacial score (nSPS) is 33.5. The number of carbonyl (C=O) groups excluding carboxylic acids is 1. The van der Waals surface area contributed by atoms with Crippen LogP contribution < -0.4 is 4.72 Å². The quantitative estimate of drug-likeness (QED) is 0.808. The summed E-state index contributed by atoms with van der Waals surface area (Å²) in [6.45, 7) is 0.909. The van der Waals surface area contributed by atoms with Gasteiger partial charge >= 0.3 is 5.97 Å². The zero-order chi connectivity index (χ0) is 24.2. The highest BCUT2D eigenvalue weighted by molar-refractivity contribution is 7.93. The fourth-order valence-electron chi connectivity index (χ4n) is 1.62. The largest absolute Gasteiger partial charge is 0.463 e. The van der Waals surface area contributed by atoms with E-state index in [1.54, 1.807) is 4.72 Å². The van der Waals surface area contributed by atoms with Crippen LogP contribution in [0.1, 0.15) is 37.0 Å². The minimum atomic E-state index is -5.50. The van der Waals surface area contributed by atoms with Crippen LogP contribution in [0.5, 0.6) is 0 Å². The van der Waals surface area contributed by atoms with Crippen molar-refractivity contribution in [2.45, 2.75) is 31.3 Å². The third-order valence-corrected chi connectivity index (χ3v) is 4.22. The van der Waals surface area contributed by atoms with Crippen molar-refractivity contribution in [1.82, 2.24) is 0 Å². The van der Waals surface area contributed by atoms with Gasteiger partial charge in [0.1, 0.15) is 11.0 Å². The van der Waals surface area contributed by atoms with E-state index in [9.17, 15) is 17.6 Å². The van der Waals surface area contributed by atoms with E-state index < -0.39 is 68.5 Å². The molecule has 0 heterocycles. The Kier molecular flexibility index (Phi) is 3.06. The van der Waals surface area contributed by atoms with Gasteiger partial charge in [0.25, 0.3) is 0 Å². The van der Waals surface area contributed by atoms with Gasteiger partial charge in [-0.2, -0.15) is 0 Å². The second kappa shape index (κ2) is 7.31. The van der Waals surface area contributed by atoms with Crippen LogP contribution in [0.2, 0.25) is 5.02 Å². The van der Waals surface area contributed by atoms with Crippen LogP contribution in [0, 0.1) is 5.82 Å². The zero-order valence-electron chi connectivity index (χ0n) is 19.7. The van der Waals surface area contributed by atoms with Crippen molar-refractivity contribution in [3.05, 3.63) is 40.7 Å². The monoisotopic (exact) mass is 369 g/mol. The Hall–Kier alpha value is -1.60. The number of rotatable bonds is 5. The van der Waals surface area contributed by atoms with Gasteiger partial charge in [0.2, 0.25) is 10.0 Å². The highest BCUT2D eigenvalue weighted by Gasteiger charge is 2.35. The lowest BCUT2D eigenvalue weighted by Gasteiger charge is -2.24. The number of nitrogens with one attached hydrogen (secondary N) is 1. The molecule has 1 N–H and O–H groups in total. The molecule has 8 heteroatoms. The first-order valence-electron chi connectivity index (χ1n) is 10.3. The van der Waals surface area contributed by atoms with Crippen molar-refractivity contribution >= 4 is 33.3 Å². The molecule has 23 heavy (non-hydrogen) atoms. The van der Waals surface area contributed by atoms with Gasteiger partial charge in [0.15, 0.2) is 0 Å². The van der Waals surface area contributed by atoms with Gasteiger partial charge in [-0.05, 0) is 44.2 Å². The predicted octanol–water partition coefficient (Wildman–Crippen LogP) is 3.26. The molecule has 0 saturated heterocycles. The predicted molar refractivity (Wildman–Crippen MR) is 86.3 cm³/mol. The van der Waals surface area contributed by atoms with Gasteiger partial charge in [0.05, 0.1) is 25.6 Å². The smallest absolute Gasteiger partial charge is 0.335 e. The van der Waals surface area contributed by atoms with Crippen LogP contribution in [-0.2, 0) is 19.6 Å². The molecule has 0 spiro atoms. The van der Waals surface area contributed by atoms with Gasteiger partial charge in [-0.3, -0.25) is 4.72 Å². The van der Waals surface area contributed by atoms with E-state index in [2.05, 4.69) is 4.74 Å². The molecule has 1 aromatic carbocycles. The maximum atomic E-state index is 13.3. The Morgan fingerprint density at radius 1 is 1.65 bits per heavy atom. The lowest BCUT2D eigenvalue weighted by Crippen LogP contribution is -2.34. The van der Waals surface area contributed by atoms with E-state index in [4.69, 9.17) is 22.6 Å². The molecule has 1 aliphatic carbocycles. The number of benzene rings is 1. The van der Waals surface area contributed by atoms with Crippen LogP contribution in [0.4, 0.5) is 10.1 Å². The molecule has 1 aliphatic rings.